The summed E-state index contributed by atoms with van der Waals surface area (Å²) in [7, 11) is 4.25. The molecule has 6 rings (SSSR count). The summed E-state index contributed by atoms with van der Waals surface area (Å²) in [6.45, 7) is 3.25. The molecule has 152 valence electrons. The second-order valence-electron chi connectivity index (χ2n) is 8.63. The molecule has 0 unspecified atom stereocenters. The van der Waals surface area contributed by atoms with Crippen LogP contribution in [0.5, 0.6) is 0 Å². The first kappa shape index (κ1) is 18.2. The van der Waals surface area contributed by atoms with Gasteiger partial charge in [-0.3, -0.25) is 0 Å². The summed E-state index contributed by atoms with van der Waals surface area (Å²) in [5.41, 5.74) is 10.6. The summed E-state index contributed by atoms with van der Waals surface area (Å²) in [5, 5.41) is 2.34. The number of likely N-dealkylation sites (N-methyl/N-ethyl adjacent to an activating group) is 1. The third-order valence-corrected chi connectivity index (χ3v) is 6.70. The molecule has 31 heavy (non-hydrogen) atoms. The lowest BCUT2D eigenvalue weighted by molar-refractivity contribution is -0.660. The maximum Gasteiger partial charge on any atom is 0.216 e. The maximum absolute atomic E-state index is 6.68. The summed E-state index contributed by atoms with van der Waals surface area (Å²) in [4.78, 5) is 2.33. The van der Waals surface area contributed by atoms with Gasteiger partial charge in [-0.1, -0.05) is 36.4 Å². The van der Waals surface area contributed by atoms with Gasteiger partial charge < -0.3 is 9.32 Å². The largest absolute Gasteiger partial charge is 0.454 e. The van der Waals surface area contributed by atoms with Crippen molar-refractivity contribution in [3.63, 3.8) is 0 Å². The zero-order valence-electron chi connectivity index (χ0n) is 18.1. The highest BCUT2D eigenvalue weighted by Gasteiger charge is 2.22. The average Bonchev–Trinajstić information content (AvgIpc) is 3.34. The van der Waals surface area contributed by atoms with Crippen molar-refractivity contribution in [3.8, 4) is 22.4 Å². The van der Waals surface area contributed by atoms with Crippen LogP contribution >= 0.6 is 0 Å². The molecule has 0 saturated carbocycles. The van der Waals surface area contributed by atoms with Gasteiger partial charge in [0.05, 0.1) is 5.56 Å². The van der Waals surface area contributed by atoms with Crippen LogP contribution in [0.3, 0.4) is 0 Å². The molecule has 0 aliphatic carbocycles. The van der Waals surface area contributed by atoms with Gasteiger partial charge in [-0.25, -0.2) is 4.57 Å². The monoisotopic (exact) mass is 405 g/mol. The molecule has 2 aromatic heterocycles. The standard InChI is InChI=1S/C28H25N2O/c1-18-10-12-23-22-8-6-7-21(19-11-13-24-20(17-19)14-16-30(24)3)27(22)31-28(23)26(18)25-9-4-5-15-29(25)2/h4-13,15,17H,14,16H2,1-3H3/q+1. The molecule has 0 bridgehead atoms. The lowest BCUT2D eigenvalue weighted by atomic mass is 9.98. The third kappa shape index (κ3) is 2.70. The first-order valence-corrected chi connectivity index (χ1v) is 10.9. The fraction of sp³-hybridized carbons (Fsp3) is 0.179. The van der Waals surface area contributed by atoms with Gasteiger partial charge in [0, 0.05) is 47.7 Å². The number of hydrogen-bond acceptors (Lipinski definition) is 2. The molecule has 0 spiro atoms. The van der Waals surface area contributed by atoms with E-state index in [1.54, 1.807) is 0 Å². The molecule has 0 radical (unpaired) electrons. The van der Waals surface area contributed by atoms with E-state index in [-0.39, 0.29) is 0 Å². The van der Waals surface area contributed by atoms with Gasteiger partial charge in [0.2, 0.25) is 5.69 Å². The van der Waals surface area contributed by atoms with Crippen molar-refractivity contribution in [2.24, 2.45) is 7.05 Å². The van der Waals surface area contributed by atoms with Crippen molar-refractivity contribution in [2.75, 3.05) is 18.5 Å². The number of pyridine rings is 1. The molecule has 1 aliphatic rings. The van der Waals surface area contributed by atoms with Gasteiger partial charge in [-0.2, -0.15) is 0 Å². The van der Waals surface area contributed by atoms with Gasteiger partial charge in [0.25, 0.3) is 0 Å². The summed E-state index contributed by atoms with van der Waals surface area (Å²) in [5.74, 6) is 0. The van der Waals surface area contributed by atoms with E-state index in [1.807, 2.05) is 0 Å². The van der Waals surface area contributed by atoms with Crippen LogP contribution in [0.25, 0.3) is 44.3 Å². The Balaban J connectivity index is 1.63. The molecule has 1 aliphatic heterocycles. The summed E-state index contributed by atoms with van der Waals surface area (Å²) < 4.78 is 8.84. The maximum atomic E-state index is 6.68. The molecule has 3 heterocycles. The van der Waals surface area contributed by atoms with E-state index in [2.05, 4.69) is 103 Å². The lowest BCUT2D eigenvalue weighted by Crippen LogP contribution is -2.30. The number of rotatable bonds is 2. The molecule has 0 N–H and O–H groups in total. The van der Waals surface area contributed by atoms with Crippen LogP contribution in [-0.4, -0.2) is 13.6 Å². The van der Waals surface area contributed by atoms with Crippen LogP contribution in [0.1, 0.15) is 11.1 Å². The Labute approximate surface area is 182 Å². The van der Waals surface area contributed by atoms with Crippen molar-refractivity contribution >= 4 is 27.6 Å². The number of anilines is 1. The molecule has 0 saturated heterocycles. The molecular formula is C28H25N2O+. The van der Waals surface area contributed by atoms with E-state index in [0.717, 1.165) is 35.4 Å². The Bertz CT molecular complexity index is 1480. The van der Waals surface area contributed by atoms with E-state index < -0.39 is 0 Å². The van der Waals surface area contributed by atoms with Crippen LogP contribution in [-0.2, 0) is 13.5 Å². The van der Waals surface area contributed by atoms with Crippen LogP contribution in [0.2, 0.25) is 0 Å². The van der Waals surface area contributed by atoms with E-state index >= 15 is 0 Å². The predicted octanol–water partition coefficient (Wildman–Crippen LogP) is 6.05. The second kappa shape index (κ2) is 6.71. The molecule has 3 nitrogen and oxygen atoms in total. The lowest BCUT2D eigenvalue weighted by Gasteiger charge is -2.12. The number of hydrogen-bond donors (Lipinski definition) is 0. The fourth-order valence-electron chi connectivity index (χ4n) is 5.02. The summed E-state index contributed by atoms with van der Waals surface area (Å²) in [6.07, 6.45) is 3.19. The molecule has 0 amide bonds. The van der Waals surface area contributed by atoms with Crippen molar-refractivity contribution in [3.05, 3.63) is 84.1 Å². The number of furan rings is 1. The number of para-hydroxylation sites is 1. The van der Waals surface area contributed by atoms with E-state index in [1.165, 1.54) is 38.7 Å². The normalized spacial score (nSPS) is 13.3. The van der Waals surface area contributed by atoms with Crippen molar-refractivity contribution in [1.29, 1.82) is 0 Å². The SMILES string of the molecule is Cc1ccc2c(oc3c(-c4ccc5c(c4)CCN5C)cccc32)c1-c1cccc[n+]1C. The van der Waals surface area contributed by atoms with Crippen LogP contribution in [0.4, 0.5) is 5.69 Å². The highest BCUT2D eigenvalue weighted by atomic mass is 16.3. The number of fused-ring (bicyclic) bond motifs is 4. The van der Waals surface area contributed by atoms with Gasteiger partial charge in [0.15, 0.2) is 6.20 Å². The molecular weight excluding hydrogens is 380 g/mol. The fourth-order valence-corrected chi connectivity index (χ4v) is 5.02. The Hall–Kier alpha value is -3.59. The third-order valence-electron chi connectivity index (χ3n) is 6.70. The Kier molecular flexibility index (Phi) is 3.94. The smallest absolute Gasteiger partial charge is 0.216 e. The number of benzene rings is 3. The minimum atomic E-state index is 0.963. The summed E-state index contributed by atoms with van der Waals surface area (Å²) >= 11 is 0. The van der Waals surface area contributed by atoms with E-state index in [9.17, 15) is 0 Å². The van der Waals surface area contributed by atoms with Crippen molar-refractivity contribution < 1.29 is 8.98 Å². The molecule has 0 fully saturated rings. The Morgan fingerprint density at radius 1 is 0.903 bits per heavy atom. The number of aryl methyl sites for hydroxylation is 2. The van der Waals surface area contributed by atoms with E-state index in [4.69, 9.17) is 4.42 Å². The van der Waals surface area contributed by atoms with Crippen LogP contribution in [0.15, 0.2) is 77.3 Å². The highest BCUT2D eigenvalue weighted by molar-refractivity contribution is 6.13. The van der Waals surface area contributed by atoms with Crippen LogP contribution < -0.4 is 9.47 Å². The quantitative estimate of drug-likeness (QED) is 0.334. The number of aromatic nitrogens is 1. The summed E-state index contributed by atoms with van der Waals surface area (Å²) in [6, 6.07) is 24.0. The minimum Gasteiger partial charge on any atom is -0.454 e. The van der Waals surface area contributed by atoms with Gasteiger partial charge >= 0.3 is 0 Å². The molecule has 3 aromatic carbocycles. The highest BCUT2D eigenvalue weighted by Crippen LogP contribution is 2.41. The van der Waals surface area contributed by atoms with Crippen LogP contribution in [0, 0.1) is 6.92 Å². The first-order valence-electron chi connectivity index (χ1n) is 10.9. The average molecular weight is 406 g/mol. The Morgan fingerprint density at radius 3 is 2.65 bits per heavy atom. The zero-order chi connectivity index (χ0) is 21.1. The molecule has 5 aromatic rings. The van der Waals surface area contributed by atoms with Gasteiger partial charge in [-0.05, 0) is 48.2 Å². The zero-order valence-corrected chi connectivity index (χ0v) is 18.1. The second-order valence-corrected chi connectivity index (χ2v) is 8.63. The topological polar surface area (TPSA) is 20.3 Å². The van der Waals surface area contributed by atoms with Crippen molar-refractivity contribution in [2.45, 2.75) is 13.3 Å². The minimum absolute atomic E-state index is 0.963. The molecule has 0 atom stereocenters. The number of nitrogens with zero attached hydrogens (tertiary/aromatic N) is 2. The van der Waals surface area contributed by atoms with Gasteiger partial charge in [0.1, 0.15) is 18.2 Å². The first-order chi connectivity index (χ1) is 15.1. The van der Waals surface area contributed by atoms with Gasteiger partial charge in [-0.15, -0.1) is 0 Å². The predicted molar refractivity (Wildman–Crippen MR) is 127 cm³/mol. The Morgan fingerprint density at radius 2 is 1.77 bits per heavy atom. The van der Waals surface area contributed by atoms with Crippen molar-refractivity contribution in [1.82, 2.24) is 0 Å². The van der Waals surface area contributed by atoms with E-state index in [0.29, 0.717) is 0 Å². The molecule has 3 heteroatoms.